The van der Waals surface area contributed by atoms with Gasteiger partial charge in [-0.15, -0.1) is 24.0 Å². The van der Waals surface area contributed by atoms with E-state index >= 15 is 0 Å². The number of halogens is 1. The molecule has 0 bridgehead atoms. The second kappa shape index (κ2) is 11.1. The van der Waals surface area contributed by atoms with E-state index < -0.39 is 10.0 Å². The normalized spacial score (nSPS) is 18.3. The molecule has 9 heteroatoms. The average Bonchev–Trinajstić information content (AvgIpc) is 2.62. The van der Waals surface area contributed by atoms with E-state index in [4.69, 9.17) is 4.74 Å². The smallest absolute Gasteiger partial charge is 0.211 e. The van der Waals surface area contributed by atoms with E-state index in [1.807, 2.05) is 12.1 Å². The van der Waals surface area contributed by atoms with Crippen LogP contribution in [0.15, 0.2) is 29.3 Å². The van der Waals surface area contributed by atoms with E-state index in [-0.39, 0.29) is 35.8 Å². The summed E-state index contributed by atoms with van der Waals surface area (Å²) in [5.74, 6) is 0.848. The van der Waals surface area contributed by atoms with E-state index in [9.17, 15) is 8.42 Å². The quantitative estimate of drug-likeness (QED) is 0.270. The minimum absolute atomic E-state index is 0. The first kappa shape index (κ1) is 23.1. The Balaban J connectivity index is 0.00000338. The van der Waals surface area contributed by atoms with Crippen molar-refractivity contribution >= 4 is 40.0 Å². The van der Waals surface area contributed by atoms with Crippen molar-refractivity contribution < 1.29 is 13.2 Å². The molecule has 1 saturated heterocycles. The number of nitrogens with one attached hydrogen (secondary N) is 2. The predicted molar refractivity (Wildman–Crippen MR) is 116 cm³/mol. The Morgan fingerprint density at radius 3 is 2.73 bits per heavy atom. The Hall–Kier alpha value is -0.910. The fraction of sp³-hybridized carbons (Fsp3) is 0.588. The second-order valence-corrected chi connectivity index (χ2v) is 8.03. The largest absolute Gasteiger partial charge is 0.370 e. The summed E-state index contributed by atoms with van der Waals surface area (Å²) in [5.41, 5.74) is 2.41. The highest BCUT2D eigenvalue weighted by Crippen LogP contribution is 2.24. The fourth-order valence-electron chi connectivity index (χ4n) is 2.79. The Morgan fingerprint density at radius 2 is 2.08 bits per heavy atom. The summed E-state index contributed by atoms with van der Waals surface area (Å²) < 4.78 is 31.4. The van der Waals surface area contributed by atoms with Gasteiger partial charge in [-0.1, -0.05) is 24.3 Å². The van der Waals surface area contributed by atoms with Crippen LogP contribution in [0.3, 0.4) is 0 Å². The predicted octanol–water partition coefficient (Wildman–Crippen LogP) is 1.50. The number of hydrogen-bond acceptors (Lipinski definition) is 4. The van der Waals surface area contributed by atoms with E-state index in [2.05, 4.69) is 39.0 Å². The maximum absolute atomic E-state index is 11.5. The number of benzene rings is 1. The van der Waals surface area contributed by atoms with Crippen LogP contribution < -0.4 is 10.0 Å². The Bertz CT molecular complexity index is 697. The summed E-state index contributed by atoms with van der Waals surface area (Å²) in [6.45, 7) is 6.62. The second-order valence-electron chi connectivity index (χ2n) is 5.93. The van der Waals surface area contributed by atoms with Crippen LogP contribution in [-0.4, -0.2) is 64.9 Å². The molecule has 0 saturated carbocycles. The van der Waals surface area contributed by atoms with Gasteiger partial charge in [0.05, 0.1) is 18.9 Å². The summed E-state index contributed by atoms with van der Waals surface area (Å²) >= 11 is 0. The molecular formula is C17H29IN4O3S. The summed E-state index contributed by atoms with van der Waals surface area (Å²) in [6.07, 6.45) is 0.00657. The van der Waals surface area contributed by atoms with Crippen LogP contribution in [0.5, 0.6) is 0 Å². The molecule has 2 N–H and O–H groups in total. The number of hydrogen-bond donors (Lipinski definition) is 2. The lowest BCUT2D eigenvalue weighted by Crippen LogP contribution is -2.49. The highest BCUT2D eigenvalue weighted by molar-refractivity contribution is 14.0. The molecule has 0 spiro atoms. The van der Waals surface area contributed by atoms with Crippen LogP contribution in [-0.2, 0) is 14.8 Å². The zero-order chi connectivity index (χ0) is 18.3. The number of ether oxygens (including phenoxy) is 1. The van der Waals surface area contributed by atoms with Crippen molar-refractivity contribution in [2.45, 2.75) is 20.0 Å². The fourth-order valence-corrected chi connectivity index (χ4v) is 3.41. The van der Waals surface area contributed by atoms with Gasteiger partial charge in [0.15, 0.2) is 5.96 Å². The molecule has 2 rings (SSSR count). The van der Waals surface area contributed by atoms with Crippen LogP contribution in [0.4, 0.5) is 0 Å². The number of nitrogens with zero attached hydrogens (tertiary/aromatic N) is 2. The first-order valence-corrected chi connectivity index (χ1v) is 10.2. The summed E-state index contributed by atoms with van der Waals surface area (Å²) in [4.78, 5) is 6.46. The maximum Gasteiger partial charge on any atom is 0.211 e. The lowest BCUT2D eigenvalue weighted by atomic mass is 10.0. The molecule has 26 heavy (non-hydrogen) atoms. The van der Waals surface area contributed by atoms with Gasteiger partial charge in [0.2, 0.25) is 10.0 Å². The number of guanidine groups is 1. The summed E-state index contributed by atoms with van der Waals surface area (Å²) in [5, 5.41) is 3.22. The third-order valence-electron chi connectivity index (χ3n) is 4.22. The number of morpholine rings is 1. The molecule has 1 atom stereocenters. The van der Waals surface area contributed by atoms with Crippen LogP contribution in [0.25, 0.3) is 0 Å². The minimum Gasteiger partial charge on any atom is -0.370 e. The minimum atomic E-state index is -3.16. The van der Waals surface area contributed by atoms with Crippen molar-refractivity contribution in [3.8, 4) is 0 Å². The molecule has 1 aromatic rings. The summed E-state index contributed by atoms with van der Waals surface area (Å²) in [7, 11) is -1.43. The zero-order valence-corrected chi connectivity index (χ0v) is 18.7. The molecule has 1 aliphatic heterocycles. The highest BCUT2D eigenvalue weighted by Gasteiger charge is 2.25. The van der Waals surface area contributed by atoms with Gasteiger partial charge in [0.25, 0.3) is 0 Å². The van der Waals surface area contributed by atoms with Gasteiger partial charge >= 0.3 is 0 Å². The topological polar surface area (TPSA) is 83.0 Å². The van der Waals surface area contributed by atoms with Gasteiger partial charge in [-0.25, -0.2) is 13.1 Å². The van der Waals surface area contributed by atoms with Gasteiger partial charge in [-0.2, -0.15) is 0 Å². The molecule has 0 radical (unpaired) electrons. The van der Waals surface area contributed by atoms with Gasteiger partial charge in [0, 0.05) is 26.7 Å². The molecule has 7 nitrogen and oxygen atoms in total. The molecule has 148 valence electrons. The highest BCUT2D eigenvalue weighted by atomic mass is 127. The van der Waals surface area contributed by atoms with Gasteiger partial charge in [0.1, 0.15) is 6.10 Å². The average molecular weight is 496 g/mol. The molecule has 1 fully saturated rings. The van der Waals surface area contributed by atoms with Crippen LogP contribution in [0, 0.1) is 6.92 Å². The zero-order valence-electron chi connectivity index (χ0n) is 15.6. The Kier molecular flexibility index (Phi) is 9.83. The SMILES string of the molecule is CCS(=O)(=O)NCCNC(=NC)N1CCOC(c2ccccc2C)C1.I. The monoisotopic (exact) mass is 496 g/mol. The number of sulfonamides is 1. The van der Waals surface area contributed by atoms with Crippen molar-refractivity contribution in [2.24, 2.45) is 4.99 Å². The van der Waals surface area contributed by atoms with E-state index in [1.54, 1.807) is 14.0 Å². The Labute approximate surface area is 173 Å². The van der Waals surface area contributed by atoms with E-state index in [0.29, 0.717) is 26.2 Å². The van der Waals surface area contributed by atoms with Crippen molar-refractivity contribution in [2.75, 3.05) is 45.6 Å². The third-order valence-corrected chi connectivity index (χ3v) is 5.63. The van der Waals surface area contributed by atoms with E-state index in [0.717, 1.165) is 12.5 Å². The molecule has 1 aromatic carbocycles. The lowest BCUT2D eigenvalue weighted by Gasteiger charge is -2.35. The van der Waals surface area contributed by atoms with Gasteiger partial charge in [-0.05, 0) is 25.0 Å². The molecule has 0 amide bonds. The maximum atomic E-state index is 11.5. The Morgan fingerprint density at radius 1 is 1.35 bits per heavy atom. The lowest BCUT2D eigenvalue weighted by molar-refractivity contribution is -0.00828. The van der Waals surface area contributed by atoms with Crippen LogP contribution in [0.1, 0.15) is 24.2 Å². The standard InChI is InChI=1S/C17H28N4O3S.HI/c1-4-25(22,23)20-10-9-19-17(18-3)21-11-12-24-16(13-21)15-8-6-5-7-14(15)2;/h5-8,16,20H,4,9-13H2,1-3H3,(H,18,19);1H. The molecule has 1 aliphatic rings. The van der Waals surface area contributed by atoms with Crippen molar-refractivity contribution in [1.29, 1.82) is 0 Å². The molecule has 0 aromatic heterocycles. The third kappa shape index (κ3) is 6.67. The van der Waals surface area contributed by atoms with Crippen molar-refractivity contribution in [3.63, 3.8) is 0 Å². The number of aliphatic imine (C=N–C) groups is 1. The first-order valence-electron chi connectivity index (χ1n) is 8.57. The number of rotatable bonds is 6. The van der Waals surface area contributed by atoms with Crippen LogP contribution >= 0.6 is 24.0 Å². The molecule has 1 unspecified atom stereocenters. The first-order chi connectivity index (χ1) is 12.0. The van der Waals surface area contributed by atoms with Gasteiger partial charge < -0.3 is 15.0 Å². The van der Waals surface area contributed by atoms with E-state index in [1.165, 1.54) is 11.1 Å². The van der Waals surface area contributed by atoms with Crippen LogP contribution in [0.2, 0.25) is 0 Å². The van der Waals surface area contributed by atoms with Crippen molar-refractivity contribution in [1.82, 2.24) is 14.9 Å². The summed E-state index contributed by atoms with van der Waals surface area (Å²) in [6, 6.07) is 8.23. The molecular weight excluding hydrogens is 467 g/mol. The number of aryl methyl sites for hydroxylation is 1. The molecule has 1 heterocycles. The van der Waals surface area contributed by atoms with Crippen molar-refractivity contribution in [3.05, 3.63) is 35.4 Å². The molecule has 0 aliphatic carbocycles. The van der Waals surface area contributed by atoms with Gasteiger partial charge in [-0.3, -0.25) is 4.99 Å².